The van der Waals surface area contributed by atoms with Crippen LogP contribution in [-0.2, 0) is 4.79 Å². The van der Waals surface area contributed by atoms with Crippen molar-refractivity contribution in [1.82, 2.24) is 5.43 Å². The van der Waals surface area contributed by atoms with Gasteiger partial charge in [0.05, 0.1) is 19.9 Å². The number of carbonyl (C=O) groups excluding carboxylic acids is 1. The first-order valence-electron chi connectivity index (χ1n) is 8.76. The van der Waals surface area contributed by atoms with Crippen LogP contribution in [0.1, 0.15) is 5.56 Å². The zero-order valence-corrected chi connectivity index (χ0v) is 15.5. The number of ether oxygens (including phenoxy) is 2. The summed E-state index contributed by atoms with van der Waals surface area (Å²) >= 11 is 0. The number of nitrogens with one attached hydrogen (secondary N) is 2. The average molecular weight is 375 g/mol. The predicted molar refractivity (Wildman–Crippen MR) is 110 cm³/mol. The van der Waals surface area contributed by atoms with Crippen molar-refractivity contribution < 1.29 is 14.3 Å². The molecule has 0 fully saturated rings. The summed E-state index contributed by atoms with van der Waals surface area (Å²) in [5.74, 6) is 1.97. The number of benzene rings is 3. The smallest absolute Gasteiger partial charge is 0.259 e. The molecule has 2 N–H and O–H groups in total. The van der Waals surface area contributed by atoms with Crippen molar-refractivity contribution in [3.8, 4) is 17.2 Å². The van der Waals surface area contributed by atoms with Crippen LogP contribution >= 0.6 is 0 Å². The Morgan fingerprint density at radius 2 is 1.68 bits per heavy atom. The molecule has 6 heteroatoms. The maximum Gasteiger partial charge on any atom is 0.259 e. The molecule has 0 spiro atoms. The van der Waals surface area contributed by atoms with Crippen LogP contribution in [0.4, 0.5) is 5.69 Å². The Morgan fingerprint density at radius 1 is 0.929 bits per heavy atom. The Balaban J connectivity index is 1.48. The third kappa shape index (κ3) is 5.88. The summed E-state index contributed by atoms with van der Waals surface area (Å²) in [4.78, 5) is 11.9. The molecule has 0 aromatic heterocycles. The summed E-state index contributed by atoms with van der Waals surface area (Å²) in [5, 5.41) is 7.01. The second-order valence-electron chi connectivity index (χ2n) is 5.86. The van der Waals surface area contributed by atoms with Crippen LogP contribution in [0.25, 0.3) is 0 Å². The van der Waals surface area contributed by atoms with Crippen LogP contribution in [-0.4, -0.2) is 25.8 Å². The van der Waals surface area contributed by atoms with Gasteiger partial charge in [-0.15, -0.1) is 0 Å². The largest absolute Gasteiger partial charge is 0.497 e. The number of methoxy groups -OCH3 is 1. The van der Waals surface area contributed by atoms with Crippen molar-refractivity contribution in [2.24, 2.45) is 5.10 Å². The van der Waals surface area contributed by atoms with E-state index >= 15 is 0 Å². The van der Waals surface area contributed by atoms with Crippen molar-refractivity contribution in [2.75, 3.05) is 19.0 Å². The number of hydrogen-bond acceptors (Lipinski definition) is 5. The standard InChI is InChI=1S/C22H21N3O3/c1-27-19-12-10-18(11-13-19)23-16-22(26)25-24-15-17-6-5-9-21(14-17)28-20-7-3-2-4-8-20/h2-15,23H,16H2,1H3,(H,25,26)/b24-15+. The summed E-state index contributed by atoms with van der Waals surface area (Å²) in [6.07, 6.45) is 1.57. The van der Waals surface area contributed by atoms with Gasteiger partial charge in [0.1, 0.15) is 17.2 Å². The number of amides is 1. The second kappa shape index (κ2) is 9.78. The molecule has 0 saturated carbocycles. The van der Waals surface area contributed by atoms with E-state index in [1.807, 2.05) is 78.9 Å². The molecule has 0 bridgehead atoms. The van der Waals surface area contributed by atoms with Crippen molar-refractivity contribution >= 4 is 17.8 Å². The minimum atomic E-state index is -0.247. The first-order valence-corrected chi connectivity index (χ1v) is 8.76. The molecule has 3 aromatic rings. The molecule has 0 atom stereocenters. The predicted octanol–water partition coefficient (Wildman–Crippen LogP) is 4.05. The van der Waals surface area contributed by atoms with E-state index in [-0.39, 0.29) is 12.5 Å². The van der Waals surface area contributed by atoms with Crippen LogP contribution in [0.5, 0.6) is 17.2 Å². The molecule has 0 aliphatic carbocycles. The quantitative estimate of drug-likeness (QED) is 0.460. The number of nitrogens with zero attached hydrogens (tertiary/aromatic N) is 1. The molecule has 28 heavy (non-hydrogen) atoms. The monoisotopic (exact) mass is 375 g/mol. The molecule has 0 aliphatic heterocycles. The normalized spacial score (nSPS) is 10.5. The third-order valence-corrected chi connectivity index (χ3v) is 3.78. The maximum atomic E-state index is 11.9. The van der Waals surface area contributed by atoms with Crippen LogP contribution in [0.3, 0.4) is 0 Å². The van der Waals surface area contributed by atoms with E-state index in [1.165, 1.54) is 0 Å². The molecule has 0 aliphatic rings. The highest BCUT2D eigenvalue weighted by Gasteiger charge is 2.01. The lowest BCUT2D eigenvalue weighted by molar-refractivity contribution is -0.119. The Bertz CT molecular complexity index is 925. The summed E-state index contributed by atoms with van der Waals surface area (Å²) in [7, 11) is 1.61. The number of para-hydroxylation sites is 1. The van der Waals surface area contributed by atoms with E-state index < -0.39 is 0 Å². The molecule has 3 rings (SSSR count). The zero-order chi connectivity index (χ0) is 19.6. The van der Waals surface area contributed by atoms with E-state index in [0.717, 1.165) is 22.7 Å². The van der Waals surface area contributed by atoms with Gasteiger partial charge in [-0.2, -0.15) is 5.10 Å². The fourth-order valence-corrected chi connectivity index (χ4v) is 2.39. The Kier molecular flexibility index (Phi) is 6.62. The lowest BCUT2D eigenvalue weighted by Crippen LogP contribution is -2.25. The summed E-state index contributed by atoms with van der Waals surface area (Å²) in [5.41, 5.74) is 4.14. The molecule has 1 amide bonds. The van der Waals surface area contributed by atoms with E-state index in [0.29, 0.717) is 5.75 Å². The molecular formula is C22H21N3O3. The molecule has 3 aromatic carbocycles. The van der Waals surface area contributed by atoms with Crippen LogP contribution < -0.4 is 20.2 Å². The highest BCUT2D eigenvalue weighted by molar-refractivity contribution is 5.84. The van der Waals surface area contributed by atoms with Gasteiger partial charge in [-0.1, -0.05) is 30.3 Å². The van der Waals surface area contributed by atoms with Gasteiger partial charge < -0.3 is 14.8 Å². The van der Waals surface area contributed by atoms with E-state index in [9.17, 15) is 4.79 Å². The summed E-state index contributed by atoms with van der Waals surface area (Å²) in [6, 6.07) is 24.3. The van der Waals surface area contributed by atoms with Gasteiger partial charge >= 0.3 is 0 Å². The van der Waals surface area contributed by atoms with Crippen LogP contribution in [0.2, 0.25) is 0 Å². The van der Waals surface area contributed by atoms with Gasteiger partial charge in [-0.05, 0) is 54.1 Å². The molecule has 0 radical (unpaired) electrons. The van der Waals surface area contributed by atoms with Crippen LogP contribution in [0, 0.1) is 0 Å². The van der Waals surface area contributed by atoms with E-state index in [2.05, 4.69) is 15.8 Å². The molecule has 142 valence electrons. The van der Waals surface area contributed by atoms with Gasteiger partial charge in [0.25, 0.3) is 5.91 Å². The molecule has 0 unspecified atom stereocenters. The Morgan fingerprint density at radius 3 is 2.43 bits per heavy atom. The van der Waals surface area contributed by atoms with Crippen molar-refractivity contribution in [3.63, 3.8) is 0 Å². The first-order chi connectivity index (χ1) is 13.7. The molecular weight excluding hydrogens is 354 g/mol. The van der Waals surface area contributed by atoms with E-state index in [4.69, 9.17) is 9.47 Å². The van der Waals surface area contributed by atoms with Crippen molar-refractivity contribution in [3.05, 3.63) is 84.4 Å². The first kappa shape index (κ1) is 19.0. The molecule has 0 saturated heterocycles. The van der Waals surface area contributed by atoms with Crippen molar-refractivity contribution in [1.29, 1.82) is 0 Å². The fourth-order valence-electron chi connectivity index (χ4n) is 2.39. The molecule has 6 nitrogen and oxygen atoms in total. The lowest BCUT2D eigenvalue weighted by atomic mass is 10.2. The van der Waals surface area contributed by atoms with Gasteiger partial charge in [0.2, 0.25) is 0 Å². The minimum absolute atomic E-state index is 0.112. The SMILES string of the molecule is COc1ccc(NCC(=O)N/N=C/c2cccc(Oc3ccccc3)c2)cc1. The van der Waals surface area contributed by atoms with Crippen LogP contribution in [0.15, 0.2) is 84.0 Å². The average Bonchev–Trinajstić information content (AvgIpc) is 2.74. The number of hydrazone groups is 1. The van der Waals surface area contributed by atoms with Gasteiger partial charge in [0, 0.05) is 5.69 Å². The third-order valence-electron chi connectivity index (χ3n) is 3.78. The number of rotatable bonds is 8. The molecule has 0 heterocycles. The fraction of sp³-hybridized carbons (Fsp3) is 0.0909. The Hall–Kier alpha value is -3.80. The summed E-state index contributed by atoms with van der Waals surface area (Å²) < 4.78 is 10.9. The van der Waals surface area contributed by atoms with E-state index in [1.54, 1.807) is 13.3 Å². The number of hydrogen-bond donors (Lipinski definition) is 2. The second-order valence-corrected chi connectivity index (χ2v) is 5.86. The Labute approximate surface area is 163 Å². The van der Waals surface area contributed by atoms with Gasteiger partial charge in [0.15, 0.2) is 0 Å². The minimum Gasteiger partial charge on any atom is -0.497 e. The number of anilines is 1. The highest BCUT2D eigenvalue weighted by atomic mass is 16.5. The maximum absolute atomic E-state index is 11.9. The topological polar surface area (TPSA) is 72.0 Å². The van der Waals surface area contributed by atoms with Gasteiger partial charge in [-0.25, -0.2) is 5.43 Å². The van der Waals surface area contributed by atoms with Crippen molar-refractivity contribution in [2.45, 2.75) is 0 Å². The lowest BCUT2D eigenvalue weighted by Gasteiger charge is -2.06. The highest BCUT2D eigenvalue weighted by Crippen LogP contribution is 2.21. The zero-order valence-electron chi connectivity index (χ0n) is 15.5. The summed E-state index contributed by atoms with van der Waals surface area (Å²) in [6.45, 7) is 0.112. The van der Waals surface area contributed by atoms with Gasteiger partial charge in [-0.3, -0.25) is 4.79 Å². The number of carbonyl (C=O) groups is 1.